The van der Waals surface area contributed by atoms with Crippen LogP contribution in [-0.4, -0.2) is 35.5 Å². The maximum Gasteiger partial charge on any atom is 0.408 e. The molecule has 4 nitrogen and oxygen atoms in total. The van der Waals surface area contributed by atoms with Crippen molar-refractivity contribution < 1.29 is 22.8 Å². The lowest BCUT2D eigenvalue weighted by Gasteiger charge is -2.35. The summed E-state index contributed by atoms with van der Waals surface area (Å²) in [7, 11) is 0. The first-order valence-electron chi connectivity index (χ1n) is 7.59. The van der Waals surface area contributed by atoms with Crippen molar-refractivity contribution in [2.45, 2.75) is 38.0 Å². The molecule has 124 valence electrons. The highest BCUT2D eigenvalue weighted by Gasteiger charge is 2.46. The van der Waals surface area contributed by atoms with Crippen LogP contribution in [-0.2, 0) is 22.6 Å². The van der Waals surface area contributed by atoms with Crippen LogP contribution in [0, 0.1) is 5.92 Å². The van der Waals surface area contributed by atoms with Gasteiger partial charge in [-0.25, -0.2) is 0 Å². The van der Waals surface area contributed by atoms with Crippen molar-refractivity contribution in [2.75, 3.05) is 6.54 Å². The largest absolute Gasteiger partial charge is 0.408 e. The third-order valence-corrected chi connectivity index (χ3v) is 4.51. The first kappa shape index (κ1) is 15.8. The molecule has 23 heavy (non-hydrogen) atoms. The van der Waals surface area contributed by atoms with Crippen LogP contribution in [0.4, 0.5) is 13.2 Å². The quantitative estimate of drug-likeness (QED) is 0.803. The molecule has 1 N–H and O–H groups in total. The number of alkyl halides is 3. The second-order valence-electron chi connectivity index (χ2n) is 6.01. The number of halogens is 3. The maximum atomic E-state index is 12.7. The second-order valence-corrected chi connectivity index (χ2v) is 6.01. The van der Waals surface area contributed by atoms with Gasteiger partial charge < -0.3 is 10.2 Å². The molecule has 2 amide bonds. The number of carbonyl (C=O) groups is 2. The number of piperidine rings is 1. The van der Waals surface area contributed by atoms with Crippen LogP contribution < -0.4 is 5.32 Å². The van der Waals surface area contributed by atoms with Crippen LogP contribution in [0.1, 0.15) is 24.0 Å². The van der Waals surface area contributed by atoms with Crippen LogP contribution in [0.15, 0.2) is 24.3 Å². The van der Waals surface area contributed by atoms with Crippen molar-refractivity contribution in [2.24, 2.45) is 5.92 Å². The zero-order valence-electron chi connectivity index (χ0n) is 12.4. The van der Waals surface area contributed by atoms with Crippen molar-refractivity contribution >= 4 is 11.8 Å². The molecular weight excluding hydrogens is 309 g/mol. The molecule has 0 radical (unpaired) electrons. The number of hydrogen-bond donors (Lipinski definition) is 1. The smallest absolute Gasteiger partial charge is 0.344 e. The average Bonchev–Trinajstić information content (AvgIpc) is 2.53. The van der Waals surface area contributed by atoms with Gasteiger partial charge in [0.2, 0.25) is 11.8 Å². The highest BCUT2D eigenvalue weighted by Crippen LogP contribution is 2.30. The van der Waals surface area contributed by atoms with Gasteiger partial charge in [-0.2, -0.15) is 13.2 Å². The molecule has 1 aromatic rings. The molecule has 2 heterocycles. The van der Waals surface area contributed by atoms with Crippen LogP contribution in [0.3, 0.4) is 0 Å². The van der Waals surface area contributed by atoms with Crippen LogP contribution in [0.2, 0.25) is 0 Å². The van der Waals surface area contributed by atoms with E-state index in [-0.39, 0.29) is 18.7 Å². The van der Waals surface area contributed by atoms with Crippen molar-refractivity contribution in [1.29, 1.82) is 0 Å². The third-order valence-electron chi connectivity index (χ3n) is 4.51. The Balaban J connectivity index is 1.67. The summed E-state index contributed by atoms with van der Waals surface area (Å²) in [5.74, 6) is -2.21. The average molecular weight is 326 g/mol. The normalized spacial score (nSPS) is 24.8. The Labute approximate surface area is 131 Å². The number of carbonyl (C=O) groups excluding carboxylic acids is 2. The molecule has 2 atom stereocenters. The Bertz CT molecular complexity index is 630. The number of rotatable bonds is 1. The lowest BCUT2D eigenvalue weighted by molar-refractivity contribution is -0.172. The van der Waals surface area contributed by atoms with E-state index in [4.69, 9.17) is 0 Å². The number of benzene rings is 1. The summed E-state index contributed by atoms with van der Waals surface area (Å²) in [4.78, 5) is 26.0. The minimum Gasteiger partial charge on any atom is -0.344 e. The van der Waals surface area contributed by atoms with Gasteiger partial charge in [0.15, 0.2) is 0 Å². The molecule has 2 aliphatic rings. The summed E-state index contributed by atoms with van der Waals surface area (Å²) in [5, 5.41) is 1.93. The minimum absolute atomic E-state index is 0.0625. The second kappa shape index (κ2) is 5.86. The van der Waals surface area contributed by atoms with Gasteiger partial charge in [0.25, 0.3) is 0 Å². The number of amides is 2. The Morgan fingerprint density at radius 3 is 2.52 bits per heavy atom. The highest BCUT2D eigenvalue weighted by molar-refractivity contribution is 6.01. The van der Waals surface area contributed by atoms with E-state index >= 15 is 0 Å². The predicted molar refractivity (Wildman–Crippen MR) is 76.3 cm³/mol. The number of hydrogen-bond acceptors (Lipinski definition) is 2. The third kappa shape index (κ3) is 3.18. The summed E-state index contributed by atoms with van der Waals surface area (Å²) < 4.78 is 38.0. The molecule has 0 aliphatic carbocycles. The lowest BCUT2D eigenvalue weighted by atomic mass is 9.91. The highest BCUT2D eigenvalue weighted by atomic mass is 19.4. The molecule has 1 fully saturated rings. The van der Waals surface area contributed by atoms with Crippen molar-refractivity contribution in [1.82, 2.24) is 10.2 Å². The van der Waals surface area contributed by atoms with Gasteiger partial charge in [0.05, 0.1) is 0 Å². The zero-order chi connectivity index (χ0) is 16.6. The molecule has 7 heteroatoms. The summed E-state index contributed by atoms with van der Waals surface area (Å²) in [6, 6.07) is 5.89. The van der Waals surface area contributed by atoms with E-state index < -0.39 is 24.0 Å². The zero-order valence-corrected chi connectivity index (χ0v) is 12.4. The van der Waals surface area contributed by atoms with Gasteiger partial charge in [-0.15, -0.1) is 0 Å². The Hall–Kier alpha value is -2.05. The number of nitrogens with zero attached hydrogens (tertiary/aromatic N) is 1. The van der Waals surface area contributed by atoms with E-state index in [0.717, 1.165) is 5.56 Å². The molecule has 0 aromatic heterocycles. The van der Waals surface area contributed by atoms with Gasteiger partial charge in [0.1, 0.15) is 12.0 Å². The number of fused-ring (bicyclic) bond motifs is 1. The molecule has 0 bridgehead atoms. The van der Waals surface area contributed by atoms with E-state index in [9.17, 15) is 22.8 Å². The molecular formula is C16H17F3N2O2. The van der Waals surface area contributed by atoms with E-state index in [1.54, 1.807) is 4.90 Å². The summed E-state index contributed by atoms with van der Waals surface area (Å²) >= 11 is 0. The van der Waals surface area contributed by atoms with Gasteiger partial charge in [-0.3, -0.25) is 9.59 Å². The SMILES string of the molecule is O=C1N[C@H](C(F)(F)F)CC[C@H]1C(=O)N1CCc2ccccc2C1. The number of nitrogens with one attached hydrogen (secondary N) is 1. The van der Waals surface area contributed by atoms with Crippen molar-refractivity contribution in [3.05, 3.63) is 35.4 Å². The first-order valence-corrected chi connectivity index (χ1v) is 7.59. The Kier molecular flexibility index (Phi) is 4.04. The summed E-state index contributed by atoms with van der Waals surface area (Å²) in [5.41, 5.74) is 2.19. The standard InChI is InChI=1S/C16H17F3N2O2/c17-16(18,19)13-6-5-12(14(22)20-13)15(23)21-8-7-10-3-1-2-4-11(10)9-21/h1-4,12-13H,5-9H2,(H,20,22)/t12-,13+/m1/s1. The predicted octanol–water partition coefficient (Wildman–Crippen LogP) is 2.03. The molecule has 0 saturated carbocycles. The van der Waals surface area contributed by atoms with E-state index in [1.807, 2.05) is 29.6 Å². The summed E-state index contributed by atoms with van der Waals surface area (Å²) in [6.45, 7) is 0.893. The fraction of sp³-hybridized carbons (Fsp3) is 0.500. The monoisotopic (exact) mass is 326 g/mol. The van der Waals surface area contributed by atoms with Gasteiger partial charge >= 0.3 is 6.18 Å². The molecule has 1 saturated heterocycles. The van der Waals surface area contributed by atoms with Crippen LogP contribution >= 0.6 is 0 Å². The van der Waals surface area contributed by atoms with Crippen molar-refractivity contribution in [3.8, 4) is 0 Å². The first-order chi connectivity index (χ1) is 10.9. The van der Waals surface area contributed by atoms with Gasteiger partial charge in [-0.1, -0.05) is 24.3 Å². The van der Waals surface area contributed by atoms with Crippen LogP contribution in [0.5, 0.6) is 0 Å². The topological polar surface area (TPSA) is 49.4 Å². The Morgan fingerprint density at radius 2 is 1.87 bits per heavy atom. The molecule has 0 unspecified atom stereocenters. The van der Waals surface area contributed by atoms with Gasteiger partial charge in [0, 0.05) is 13.1 Å². The van der Waals surface area contributed by atoms with Gasteiger partial charge in [-0.05, 0) is 30.4 Å². The Morgan fingerprint density at radius 1 is 1.17 bits per heavy atom. The van der Waals surface area contributed by atoms with E-state index in [1.165, 1.54) is 5.56 Å². The molecule has 0 spiro atoms. The summed E-state index contributed by atoms with van der Waals surface area (Å²) in [6.07, 6.45) is -4.09. The minimum atomic E-state index is -4.46. The lowest BCUT2D eigenvalue weighted by Crippen LogP contribution is -2.55. The fourth-order valence-electron chi connectivity index (χ4n) is 3.19. The van der Waals surface area contributed by atoms with E-state index in [2.05, 4.69) is 0 Å². The fourth-order valence-corrected chi connectivity index (χ4v) is 3.19. The van der Waals surface area contributed by atoms with Crippen LogP contribution in [0.25, 0.3) is 0 Å². The van der Waals surface area contributed by atoms with Crippen molar-refractivity contribution in [3.63, 3.8) is 0 Å². The molecule has 1 aromatic carbocycles. The van der Waals surface area contributed by atoms with E-state index in [0.29, 0.717) is 19.5 Å². The molecule has 2 aliphatic heterocycles. The molecule has 3 rings (SSSR count). The maximum absolute atomic E-state index is 12.7.